The zero-order chi connectivity index (χ0) is 20.8. The van der Waals surface area contributed by atoms with E-state index < -0.39 is 11.9 Å². The summed E-state index contributed by atoms with van der Waals surface area (Å²) in [7, 11) is 1.44. The van der Waals surface area contributed by atoms with Gasteiger partial charge in [-0.25, -0.2) is 9.59 Å². The van der Waals surface area contributed by atoms with Gasteiger partial charge >= 0.3 is 11.9 Å². The summed E-state index contributed by atoms with van der Waals surface area (Å²) in [5.74, 6) is -1.15. The number of nitrogens with one attached hydrogen (secondary N) is 1. The molecule has 3 rings (SSSR count). The predicted molar refractivity (Wildman–Crippen MR) is 106 cm³/mol. The van der Waals surface area contributed by atoms with Crippen molar-refractivity contribution >= 4 is 35.4 Å². The third-order valence-corrected chi connectivity index (χ3v) is 4.05. The van der Waals surface area contributed by atoms with Gasteiger partial charge in [0.05, 0.1) is 35.9 Å². The van der Waals surface area contributed by atoms with E-state index >= 15 is 0 Å². The van der Waals surface area contributed by atoms with E-state index in [1.165, 1.54) is 37.8 Å². The first-order chi connectivity index (χ1) is 14.0. The lowest BCUT2D eigenvalue weighted by Crippen LogP contribution is -2.08. The molecule has 148 valence electrons. The number of rotatable bonds is 7. The average molecular weight is 415 g/mol. The van der Waals surface area contributed by atoms with E-state index in [-0.39, 0.29) is 22.1 Å². The molecule has 0 spiro atoms. The van der Waals surface area contributed by atoms with Crippen LogP contribution >= 0.6 is 11.6 Å². The number of carboxylic acids is 1. The van der Waals surface area contributed by atoms with Crippen LogP contribution in [0.15, 0.2) is 64.3 Å². The van der Waals surface area contributed by atoms with Crippen molar-refractivity contribution in [3.8, 4) is 11.5 Å². The highest BCUT2D eigenvalue weighted by Crippen LogP contribution is 2.28. The third kappa shape index (κ3) is 4.94. The molecule has 0 atom stereocenters. The van der Waals surface area contributed by atoms with Crippen LogP contribution < -0.4 is 14.9 Å². The van der Waals surface area contributed by atoms with E-state index in [1.54, 1.807) is 30.3 Å². The summed E-state index contributed by atoms with van der Waals surface area (Å²) in [6, 6.07) is 12.4. The van der Waals surface area contributed by atoms with Gasteiger partial charge in [-0.15, -0.1) is 0 Å². The Bertz CT molecular complexity index is 1060. The van der Waals surface area contributed by atoms with Gasteiger partial charge in [-0.1, -0.05) is 11.6 Å². The van der Waals surface area contributed by atoms with E-state index in [0.717, 1.165) is 0 Å². The van der Waals surface area contributed by atoms with Crippen molar-refractivity contribution in [1.82, 2.24) is 0 Å². The summed E-state index contributed by atoms with van der Waals surface area (Å²) >= 11 is 5.84. The molecule has 0 aliphatic carbocycles. The smallest absolute Gasteiger partial charge is 0.379 e. The van der Waals surface area contributed by atoms with E-state index in [0.29, 0.717) is 17.0 Å². The third-order valence-electron chi connectivity index (χ3n) is 3.72. The Hall–Kier alpha value is -3.78. The fourth-order valence-electron chi connectivity index (χ4n) is 2.33. The van der Waals surface area contributed by atoms with Crippen LogP contribution in [0.2, 0.25) is 5.02 Å². The number of carbonyl (C=O) groups excluding carboxylic acids is 1. The first kappa shape index (κ1) is 20.0. The molecule has 0 unspecified atom stereocenters. The summed E-state index contributed by atoms with van der Waals surface area (Å²) in [6.07, 6.45) is 2.87. The lowest BCUT2D eigenvalue weighted by molar-refractivity contribution is 0.0687. The molecule has 2 aromatic carbocycles. The SMILES string of the molecule is COc1cc(/C=N\Nc2ccc(Cl)c(C(=O)O)c2)ccc1OC(=O)c1ccco1. The Morgan fingerprint density at radius 2 is 2.00 bits per heavy atom. The Morgan fingerprint density at radius 1 is 1.17 bits per heavy atom. The van der Waals surface area contributed by atoms with Gasteiger partial charge in [-0.2, -0.15) is 5.10 Å². The normalized spacial score (nSPS) is 10.7. The van der Waals surface area contributed by atoms with Gasteiger partial charge in [-0.3, -0.25) is 5.43 Å². The van der Waals surface area contributed by atoms with Gasteiger partial charge in [0.15, 0.2) is 11.5 Å². The highest BCUT2D eigenvalue weighted by atomic mass is 35.5. The Labute approximate surface area is 170 Å². The number of hydrogen-bond acceptors (Lipinski definition) is 7. The number of esters is 1. The van der Waals surface area contributed by atoms with Crippen LogP contribution in [0, 0.1) is 0 Å². The van der Waals surface area contributed by atoms with Gasteiger partial charge in [0, 0.05) is 0 Å². The van der Waals surface area contributed by atoms with Crippen LogP contribution in [0.25, 0.3) is 0 Å². The zero-order valence-electron chi connectivity index (χ0n) is 15.1. The van der Waals surface area contributed by atoms with Crippen LogP contribution in [-0.4, -0.2) is 30.4 Å². The minimum absolute atomic E-state index is 0.0312. The maximum atomic E-state index is 12.0. The number of anilines is 1. The zero-order valence-corrected chi connectivity index (χ0v) is 15.8. The number of aromatic carboxylic acids is 1. The molecular weight excluding hydrogens is 400 g/mol. The highest BCUT2D eigenvalue weighted by Gasteiger charge is 2.15. The average Bonchev–Trinajstić information content (AvgIpc) is 3.25. The van der Waals surface area contributed by atoms with Crippen molar-refractivity contribution in [2.24, 2.45) is 5.10 Å². The number of hydrogen-bond donors (Lipinski definition) is 2. The molecular formula is C20H15ClN2O6. The summed E-state index contributed by atoms with van der Waals surface area (Å²) < 4.78 is 15.5. The topological polar surface area (TPSA) is 110 Å². The van der Waals surface area contributed by atoms with Gasteiger partial charge < -0.3 is 19.0 Å². The number of carboxylic acid groups (broad SMARTS) is 1. The molecule has 9 heteroatoms. The number of benzene rings is 2. The molecule has 1 heterocycles. The maximum Gasteiger partial charge on any atom is 0.379 e. The molecule has 0 saturated carbocycles. The van der Waals surface area contributed by atoms with Gasteiger partial charge in [0.2, 0.25) is 5.76 Å². The predicted octanol–water partition coefficient (Wildman–Crippen LogP) is 4.31. The monoisotopic (exact) mass is 414 g/mol. The lowest BCUT2D eigenvalue weighted by atomic mass is 10.2. The van der Waals surface area contributed by atoms with Crippen molar-refractivity contribution in [3.63, 3.8) is 0 Å². The number of ether oxygens (including phenoxy) is 2. The lowest BCUT2D eigenvalue weighted by Gasteiger charge is -2.09. The van der Waals surface area contributed by atoms with Crippen LogP contribution in [-0.2, 0) is 0 Å². The first-order valence-corrected chi connectivity index (χ1v) is 8.61. The number of nitrogens with zero attached hydrogens (tertiary/aromatic N) is 1. The van der Waals surface area contributed by atoms with Crippen molar-refractivity contribution in [3.05, 3.63) is 76.7 Å². The van der Waals surface area contributed by atoms with Crippen molar-refractivity contribution in [2.75, 3.05) is 12.5 Å². The number of hydrazone groups is 1. The minimum atomic E-state index is -1.13. The maximum absolute atomic E-state index is 12.0. The second-order valence-corrected chi connectivity index (χ2v) is 6.05. The number of methoxy groups -OCH3 is 1. The summed E-state index contributed by atoms with van der Waals surface area (Å²) in [5.41, 5.74) is 3.81. The quantitative estimate of drug-likeness (QED) is 0.256. The fourth-order valence-corrected chi connectivity index (χ4v) is 2.53. The first-order valence-electron chi connectivity index (χ1n) is 8.23. The number of halogens is 1. The van der Waals surface area contributed by atoms with Crippen molar-refractivity contribution < 1.29 is 28.6 Å². The van der Waals surface area contributed by atoms with Crippen molar-refractivity contribution in [1.29, 1.82) is 0 Å². The molecule has 0 amide bonds. The van der Waals surface area contributed by atoms with Crippen LogP contribution in [0.4, 0.5) is 5.69 Å². The summed E-state index contributed by atoms with van der Waals surface area (Å²) in [4.78, 5) is 23.1. The fraction of sp³-hybridized carbons (Fsp3) is 0.0500. The molecule has 0 aliphatic rings. The molecule has 0 saturated heterocycles. The molecule has 2 N–H and O–H groups in total. The van der Waals surface area contributed by atoms with Crippen LogP contribution in [0.5, 0.6) is 11.5 Å². The largest absolute Gasteiger partial charge is 0.493 e. The Kier molecular flexibility index (Phi) is 6.16. The van der Waals surface area contributed by atoms with Gasteiger partial charge in [0.25, 0.3) is 0 Å². The number of furan rings is 1. The van der Waals surface area contributed by atoms with Crippen molar-refractivity contribution in [2.45, 2.75) is 0 Å². The standard InChI is InChI=1S/C20H15ClN2O6/c1-27-18-9-12(4-7-16(18)29-20(26)17-3-2-8-28-17)11-22-23-13-5-6-15(21)14(10-13)19(24)25/h2-11,23H,1H3,(H,24,25)/b22-11-. The molecule has 0 aliphatic heterocycles. The van der Waals surface area contributed by atoms with E-state index in [2.05, 4.69) is 10.5 Å². The molecule has 0 radical (unpaired) electrons. The van der Waals surface area contributed by atoms with Gasteiger partial charge in [-0.05, 0) is 54.1 Å². The Balaban J connectivity index is 1.71. The van der Waals surface area contributed by atoms with E-state index in [9.17, 15) is 9.59 Å². The van der Waals surface area contributed by atoms with E-state index in [1.807, 2.05) is 0 Å². The molecule has 29 heavy (non-hydrogen) atoms. The molecule has 0 fully saturated rings. The summed E-state index contributed by atoms with van der Waals surface area (Å²) in [5, 5.41) is 13.3. The summed E-state index contributed by atoms with van der Waals surface area (Å²) in [6.45, 7) is 0. The van der Waals surface area contributed by atoms with Gasteiger partial charge in [0.1, 0.15) is 0 Å². The minimum Gasteiger partial charge on any atom is -0.493 e. The molecule has 8 nitrogen and oxygen atoms in total. The molecule has 1 aromatic heterocycles. The second kappa shape index (κ2) is 8.94. The van der Waals surface area contributed by atoms with Crippen LogP contribution in [0.1, 0.15) is 26.5 Å². The second-order valence-electron chi connectivity index (χ2n) is 5.65. The Morgan fingerprint density at radius 3 is 2.69 bits per heavy atom. The van der Waals surface area contributed by atoms with E-state index in [4.69, 9.17) is 30.6 Å². The molecule has 3 aromatic rings. The molecule has 0 bridgehead atoms. The number of carbonyl (C=O) groups is 2. The van der Waals surface area contributed by atoms with Crippen LogP contribution in [0.3, 0.4) is 0 Å². The highest BCUT2D eigenvalue weighted by molar-refractivity contribution is 6.33.